The number of hydrogen-bond donors (Lipinski definition) is 2. The van der Waals surface area contributed by atoms with Crippen molar-refractivity contribution < 1.29 is 9.21 Å². The Bertz CT molecular complexity index is 340. The van der Waals surface area contributed by atoms with E-state index in [2.05, 4.69) is 5.32 Å². The van der Waals surface area contributed by atoms with Crippen molar-refractivity contribution in [2.45, 2.75) is 44.2 Å². The van der Waals surface area contributed by atoms with Crippen LogP contribution in [0.2, 0.25) is 0 Å². The summed E-state index contributed by atoms with van der Waals surface area (Å²) in [5.74, 6) is 0.0330. The number of nitrogens with two attached hydrogens (primary N) is 1. The molecule has 1 fully saturated rings. The van der Waals surface area contributed by atoms with Crippen molar-refractivity contribution in [2.24, 2.45) is 5.73 Å². The fourth-order valence-electron chi connectivity index (χ4n) is 2.23. The van der Waals surface area contributed by atoms with E-state index in [9.17, 15) is 4.79 Å². The summed E-state index contributed by atoms with van der Waals surface area (Å²) in [6.45, 7) is 0.519. The van der Waals surface area contributed by atoms with Gasteiger partial charge in [-0.1, -0.05) is 12.8 Å². The molecule has 0 aliphatic heterocycles. The van der Waals surface area contributed by atoms with Gasteiger partial charge in [-0.15, -0.1) is 0 Å². The summed E-state index contributed by atoms with van der Waals surface area (Å²) >= 11 is 0. The molecule has 0 unspecified atom stereocenters. The number of amides is 1. The van der Waals surface area contributed by atoms with E-state index < -0.39 is 0 Å². The van der Waals surface area contributed by atoms with Crippen LogP contribution in [0.25, 0.3) is 0 Å². The Balaban J connectivity index is 1.76. The summed E-state index contributed by atoms with van der Waals surface area (Å²) in [4.78, 5) is 11.7. The van der Waals surface area contributed by atoms with Gasteiger partial charge < -0.3 is 15.5 Å². The fraction of sp³-hybridized carbons (Fsp3) is 0.583. The van der Waals surface area contributed by atoms with Crippen LogP contribution in [0.4, 0.5) is 0 Å². The molecular formula is C12H18N2O2. The predicted molar refractivity (Wildman–Crippen MR) is 60.6 cm³/mol. The minimum absolute atomic E-state index is 0.0330. The van der Waals surface area contributed by atoms with Gasteiger partial charge in [-0.05, 0) is 18.9 Å². The summed E-state index contributed by atoms with van der Waals surface area (Å²) in [6, 6.07) is 1.84. The third-order valence-corrected chi connectivity index (χ3v) is 3.18. The first-order chi connectivity index (χ1) is 7.68. The molecule has 4 heteroatoms. The highest BCUT2D eigenvalue weighted by molar-refractivity contribution is 5.77. The molecule has 1 aliphatic carbocycles. The van der Waals surface area contributed by atoms with Gasteiger partial charge in [-0.3, -0.25) is 4.79 Å². The predicted octanol–water partition coefficient (Wildman–Crippen LogP) is 1.56. The molecule has 0 atom stereocenters. The monoisotopic (exact) mass is 222 g/mol. The Hall–Kier alpha value is -1.29. The Morgan fingerprint density at radius 2 is 2.25 bits per heavy atom. The zero-order valence-corrected chi connectivity index (χ0v) is 9.37. The fourth-order valence-corrected chi connectivity index (χ4v) is 2.23. The second-order valence-corrected chi connectivity index (χ2v) is 4.65. The van der Waals surface area contributed by atoms with Gasteiger partial charge in [0.05, 0.1) is 12.5 Å². The maximum absolute atomic E-state index is 11.7. The molecule has 88 valence electrons. The van der Waals surface area contributed by atoms with Gasteiger partial charge in [-0.2, -0.15) is 0 Å². The highest BCUT2D eigenvalue weighted by atomic mass is 16.3. The Kier molecular flexibility index (Phi) is 3.29. The highest BCUT2D eigenvalue weighted by Gasteiger charge is 2.31. The minimum Gasteiger partial charge on any atom is -0.472 e. The van der Waals surface area contributed by atoms with E-state index in [0.29, 0.717) is 13.0 Å². The molecule has 1 saturated carbocycles. The molecule has 1 heterocycles. The molecule has 16 heavy (non-hydrogen) atoms. The summed E-state index contributed by atoms with van der Waals surface area (Å²) in [6.07, 6.45) is 7.89. The lowest BCUT2D eigenvalue weighted by Crippen LogP contribution is -2.41. The molecule has 1 amide bonds. The number of rotatable bonds is 4. The molecule has 3 N–H and O–H groups in total. The van der Waals surface area contributed by atoms with Crippen LogP contribution >= 0.6 is 0 Å². The molecule has 1 aromatic heterocycles. The van der Waals surface area contributed by atoms with Crippen LogP contribution in [0.1, 0.15) is 37.7 Å². The Morgan fingerprint density at radius 1 is 1.50 bits per heavy atom. The molecule has 0 spiro atoms. The second-order valence-electron chi connectivity index (χ2n) is 4.65. The van der Waals surface area contributed by atoms with E-state index in [-0.39, 0.29) is 11.4 Å². The lowest BCUT2D eigenvalue weighted by atomic mass is 9.94. The maximum Gasteiger partial charge on any atom is 0.222 e. The molecule has 0 saturated heterocycles. The molecule has 2 rings (SSSR count). The number of carbonyl (C=O) groups is 1. The van der Waals surface area contributed by atoms with Crippen LogP contribution in [0.5, 0.6) is 0 Å². The zero-order valence-electron chi connectivity index (χ0n) is 9.37. The Morgan fingerprint density at radius 3 is 2.88 bits per heavy atom. The average Bonchev–Trinajstić information content (AvgIpc) is 2.86. The quantitative estimate of drug-likeness (QED) is 0.812. The number of hydrogen-bond acceptors (Lipinski definition) is 3. The van der Waals surface area contributed by atoms with Crippen molar-refractivity contribution in [1.29, 1.82) is 0 Å². The van der Waals surface area contributed by atoms with Gasteiger partial charge in [0.15, 0.2) is 0 Å². The molecular weight excluding hydrogens is 204 g/mol. The van der Waals surface area contributed by atoms with E-state index in [1.807, 2.05) is 6.07 Å². The summed E-state index contributed by atoms with van der Waals surface area (Å²) in [5, 5.41) is 2.86. The van der Waals surface area contributed by atoms with Crippen LogP contribution in [-0.4, -0.2) is 11.4 Å². The largest absolute Gasteiger partial charge is 0.472 e. The normalized spacial score (nSPS) is 18.6. The molecule has 1 aliphatic rings. The van der Waals surface area contributed by atoms with Crippen molar-refractivity contribution in [1.82, 2.24) is 5.32 Å². The first-order valence-corrected chi connectivity index (χ1v) is 5.75. The first kappa shape index (κ1) is 11.2. The van der Waals surface area contributed by atoms with Crippen LogP contribution in [0, 0.1) is 0 Å². The van der Waals surface area contributed by atoms with E-state index in [0.717, 1.165) is 31.2 Å². The van der Waals surface area contributed by atoms with Crippen molar-refractivity contribution >= 4 is 5.91 Å². The highest BCUT2D eigenvalue weighted by Crippen LogP contribution is 2.29. The lowest BCUT2D eigenvalue weighted by Gasteiger charge is -2.22. The van der Waals surface area contributed by atoms with Gasteiger partial charge in [0.2, 0.25) is 5.91 Å². The van der Waals surface area contributed by atoms with Gasteiger partial charge in [0.1, 0.15) is 0 Å². The molecule has 1 aromatic rings. The van der Waals surface area contributed by atoms with Gasteiger partial charge in [-0.25, -0.2) is 0 Å². The first-order valence-electron chi connectivity index (χ1n) is 5.75. The third-order valence-electron chi connectivity index (χ3n) is 3.18. The SMILES string of the molecule is NC1(CC(=O)NCc2ccoc2)CCCC1. The smallest absolute Gasteiger partial charge is 0.222 e. The van der Waals surface area contributed by atoms with E-state index in [4.69, 9.17) is 10.2 Å². The summed E-state index contributed by atoms with van der Waals surface area (Å²) in [7, 11) is 0. The van der Waals surface area contributed by atoms with Crippen LogP contribution in [0.3, 0.4) is 0 Å². The Labute approximate surface area is 95.2 Å². The van der Waals surface area contributed by atoms with E-state index in [1.165, 1.54) is 0 Å². The third kappa shape index (κ3) is 2.85. The van der Waals surface area contributed by atoms with Crippen LogP contribution < -0.4 is 11.1 Å². The van der Waals surface area contributed by atoms with Crippen LogP contribution in [0.15, 0.2) is 23.0 Å². The lowest BCUT2D eigenvalue weighted by molar-refractivity contribution is -0.122. The van der Waals surface area contributed by atoms with Gasteiger partial charge >= 0.3 is 0 Å². The maximum atomic E-state index is 11.7. The van der Waals surface area contributed by atoms with Crippen LogP contribution in [-0.2, 0) is 11.3 Å². The minimum atomic E-state index is -0.263. The van der Waals surface area contributed by atoms with Gasteiger partial charge in [0, 0.05) is 24.1 Å². The number of carbonyl (C=O) groups excluding carboxylic acids is 1. The van der Waals surface area contributed by atoms with E-state index >= 15 is 0 Å². The van der Waals surface area contributed by atoms with Crippen molar-refractivity contribution in [2.75, 3.05) is 0 Å². The molecule has 0 bridgehead atoms. The number of furan rings is 1. The molecule has 4 nitrogen and oxygen atoms in total. The summed E-state index contributed by atoms with van der Waals surface area (Å²) in [5.41, 5.74) is 6.84. The van der Waals surface area contributed by atoms with Crippen molar-refractivity contribution in [3.05, 3.63) is 24.2 Å². The average molecular weight is 222 g/mol. The molecule has 0 aromatic carbocycles. The number of nitrogens with one attached hydrogen (secondary N) is 1. The topological polar surface area (TPSA) is 68.3 Å². The second kappa shape index (κ2) is 4.70. The van der Waals surface area contributed by atoms with Crippen molar-refractivity contribution in [3.8, 4) is 0 Å². The van der Waals surface area contributed by atoms with Gasteiger partial charge in [0.25, 0.3) is 0 Å². The zero-order chi connectivity index (χ0) is 11.4. The molecule has 0 radical (unpaired) electrons. The van der Waals surface area contributed by atoms with E-state index in [1.54, 1.807) is 12.5 Å². The van der Waals surface area contributed by atoms with Crippen molar-refractivity contribution in [3.63, 3.8) is 0 Å². The summed E-state index contributed by atoms with van der Waals surface area (Å²) < 4.78 is 4.92. The standard InChI is InChI=1S/C12H18N2O2/c13-12(4-1-2-5-12)7-11(15)14-8-10-3-6-16-9-10/h3,6,9H,1-2,4-5,7-8,13H2,(H,14,15).